The quantitative estimate of drug-likeness (QED) is 0.701. The molecule has 0 radical (unpaired) electrons. The number of ether oxygens (including phenoxy) is 1. The van der Waals surface area contributed by atoms with Gasteiger partial charge in [0.2, 0.25) is 0 Å². The number of nitrogen functional groups attached to an aromatic ring is 1. The summed E-state index contributed by atoms with van der Waals surface area (Å²) in [7, 11) is 0. The fourth-order valence-electron chi connectivity index (χ4n) is 1.60. The van der Waals surface area contributed by atoms with Gasteiger partial charge in [-0.2, -0.15) is 0 Å². The number of carbonyl (C=O) groups is 1. The van der Waals surface area contributed by atoms with Crippen LogP contribution in [0.5, 0.6) is 5.75 Å². The number of carbonyl (C=O) groups excluding carboxylic acids is 1. The maximum absolute atomic E-state index is 12.1. The smallest absolute Gasteiger partial charge is 0.404 e. The summed E-state index contributed by atoms with van der Waals surface area (Å²) in [6.07, 6.45) is -4.29. The molecule has 1 aromatic rings. The number of anilines is 1. The summed E-state index contributed by atoms with van der Waals surface area (Å²) in [5.41, 5.74) is 5.29. The van der Waals surface area contributed by atoms with Gasteiger partial charge in [0.1, 0.15) is 0 Å². The minimum absolute atomic E-state index is 0.0213. The molecule has 21 heavy (non-hydrogen) atoms. The average Bonchev–Trinajstić information content (AvgIpc) is 2.37. The first kappa shape index (κ1) is 17.1. The zero-order chi connectivity index (χ0) is 16.0. The zero-order valence-electron chi connectivity index (χ0n) is 11.4. The normalized spacial score (nSPS) is 12.8. The SMILES string of the molecule is CC(CCO)CNC(=O)c1ccc(OC(F)(F)F)c(N)c1. The van der Waals surface area contributed by atoms with E-state index in [4.69, 9.17) is 10.8 Å². The van der Waals surface area contributed by atoms with Crippen LogP contribution in [0.25, 0.3) is 0 Å². The maximum atomic E-state index is 12.1. The molecule has 1 unspecified atom stereocenters. The van der Waals surface area contributed by atoms with Gasteiger partial charge < -0.3 is 20.9 Å². The van der Waals surface area contributed by atoms with E-state index >= 15 is 0 Å². The summed E-state index contributed by atoms with van der Waals surface area (Å²) in [6.45, 7) is 2.22. The molecule has 0 aliphatic heterocycles. The molecule has 0 fully saturated rings. The lowest BCUT2D eigenvalue weighted by molar-refractivity contribution is -0.274. The van der Waals surface area contributed by atoms with Crippen molar-refractivity contribution in [2.45, 2.75) is 19.7 Å². The summed E-state index contributed by atoms with van der Waals surface area (Å²) in [6, 6.07) is 3.31. The summed E-state index contributed by atoms with van der Waals surface area (Å²) in [5, 5.41) is 11.4. The first-order valence-corrected chi connectivity index (χ1v) is 6.27. The van der Waals surface area contributed by atoms with E-state index in [2.05, 4.69) is 10.1 Å². The standard InChI is InChI=1S/C13H17F3N2O3/c1-8(4-5-19)7-18-12(20)9-2-3-11(10(17)6-9)21-13(14,15)16/h2-3,6,8,19H,4-5,7,17H2,1H3,(H,18,20). The predicted molar refractivity (Wildman–Crippen MR) is 70.7 cm³/mol. The molecule has 0 spiro atoms. The van der Waals surface area contributed by atoms with E-state index in [0.29, 0.717) is 13.0 Å². The molecule has 5 nitrogen and oxygen atoms in total. The van der Waals surface area contributed by atoms with Crippen LogP contribution in [-0.4, -0.2) is 30.5 Å². The third-order valence-electron chi connectivity index (χ3n) is 2.73. The van der Waals surface area contributed by atoms with Crippen LogP contribution in [-0.2, 0) is 0 Å². The van der Waals surface area contributed by atoms with E-state index < -0.39 is 18.0 Å². The van der Waals surface area contributed by atoms with Gasteiger partial charge in [-0.3, -0.25) is 4.79 Å². The van der Waals surface area contributed by atoms with Crippen LogP contribution >= 0.6 is 0 Å². The second-order valence-electron chi connectivity index (χ2n) is 4.63. The van der Waals surface area contributed by atoms with Crippen molar-refractivity contribution >= 4 is 11.6 Å². The fourth-order valence-corrected chi connectivity index (χ4v) is 1.60. The van der Waals surface area contributed by atoms with Gasteiger partial charge >= 0.3 is 6.36 Å². The molecule has 4 N–H and O–H groups in total. The van der Waals surface area contributed by atoms with Crippen LogP contribution in [0.15, 0.2) is 18.2 Å². The van der Waals surface area contributed by atoms with E-state index in [1.165, 1.54) is 6.07 Å². The van der Waals surface area contributed by atoms with Gasteiger partial charge in [-0.15, -0.1) is 13.2 Å². The molecule has 0 saturated carbocycles. The van der Waals surface area contributed by atoms with Crippen molar-refractivity contribution < 1.29 is 27.8 Å². The van der Waals surface area contributed by atoms with Crippen LogP contribution in [0.2, 0.25) is 0 Å². The van der Waals surface area contributed by atoms with Crippen molar-refractivity contribution in [3.63, 3.8) is 0 Å². The number of nitrogens with two attached hydrogens (primary N) is 1. The molecule has 1 aromatic carbocycles. The molecule has 118 valence electrons. The van der Waals surface area contributed by atoms with Crippen molar-refractivity contribution in [3.8, 4) is 5.75 Å². The van der Waals surface area contributed by atoms with Crippen LogP contribution in [0.4, 0.5) is 18.9 Å². The number of nitrogens with one attached hydrogen (secondary N) is 1. The molecule has 8 heteroatoms. The van der Waals surface area contributed by atoms with Gasteiger partial charge in [0, 0.05) is 18.7 Å². The van der Waals surface area contributed by atoms with Gasteiger partial charge in [-0.05, 0) is 30.5 Å². The highest BCUT2D eigenvalue weighted by atomic mass is 19.4. The van der Waals surface area contributed by atoms with Crippen molar-refractivity contribution in [2.24, 2.45) is 5.92 Å². The number of rotatable bonds is 6. The number of hydrogen-bond acceptors (Lipinski definition) is 4. The molecule has 0 heterocycles. The molecular weight excluding hydrogens is 289 g/mol. The van der Waals surface area contributed by atoms with E-state index in [9.17, 15) is 18.0 Å². The molecule has 0 bridgehead atoms. The van der Waals surface area contributed by atoms with E-state index in [-0.39, 0.29) is 23.8 Å². The van der Waals surface area contributed by atoms with Crippen LogP contribution in [0.1, 0.15) is 23.7 Å². The second-order valence-corrected chi connectivity index (χ2v) is 4.63. The summed E-state index contributed by atoms with van der Waals surface area (Å²) in [4.78, 5) is 11.8. The second kappa shape index (κ2) is 7.16. The Kier molecular flexibility index (Phi) is 5.83. The molecule has 1 amide bonds. The third-order valence-corrected chi connectivity index (χ3v) is 2.73. The Morgan fingerprint density at radius 1 is 1.48 bits per heavy atom. The van der Waals surface area contributed by atoms with Gasteiger partial charge in [-0.1, -0.05) is 6.92 Å². The lowest BCUT2D eigenvalue weighted by Gasteiger charge is -2.13. The topological polar surface area (TPSA) is 84.6 Å². The number of alkyl halides is 3. The molecule has 1 atom stereocenters. The Labute approximate surface area is 119 Å². The Bertz CT molecular complexity index is 492. The monoisotopic (exact) mass is 306 g/mol. The fraction of sp³-hybridized carbons (Fsp3) is 0.462. The van der Waals surface area contributed by atoms with Gasteiger partial charge in [0.25, 0.3) is 5.91 Å². The van der Waals surface area contributed by atoms with Gasteiger partial charge in [0.15, 0.2) is 5.75 Å². The lowest BCUT2D eigenvalue weighted by Crippen LogP contribution is -2.28. The summed E-state index contributed by atoms with van der Waals surface area (Å²) in [5.74, 6) is -0.915. The highest BCUT2D eigenvalue weighted by Gasteiger charge is 2.32. The van der Waals surface area contributed by atoms with Crippen molar-refractivity contribution in [1.29, 1.82) is 0 Å². The molecule has 0 aromatic heterocycles. The maximum Gasteiger partial charge on any atom is 0.573 e. The van der Waals surface area contributed by atoms with Crippen LogP contribution < -0.4 is 15.8 Å². The lowest BCUT2D eigenvalue weighted by atomic mass is 10.1. The number of halogens is 3. The minimum atomic E-state index is -4.84. The predicted octanol–water partition coefficient (Wildman–Crippen LogP) is 1.92. The zero-order valence-corrected chi connectivity index (χ0v) is 11.4. The Hall–Kier alpha value is -1.96. The molecule has 0 aliphatic carbocycles. The molecule has 1 rings (SSSR count). The summed E-state index contributed by atoms with van der Waals surface area (Å²) < 4.78 is 40.0. The Morgan fingerprint density at radius 2 is 2.14 bits per heavy atom. The highest BCUT2D eigenvalue weighted by molar-refractivity contribution is 5.95. The molecule has 0 saturated heterocycles. The number of benzene rings is 1. The molecular formula is C13H17F3N2O3. The Balaban J connectivity index is 2.68. The van der Waals surface area contributed by atoms with Crippen LogP contribution in [0, 0.1) is 5.92 Å². The number of amides is 1. The van der Waals surface area contributed by atoms with E-state index in [1.54, 1.807) is 0 Å². The van der Waals surface area contributed by atoms with Crippen molar-refractivity contribution in [1.82, 2.24) is 5.32 Å². The largest absolute Gasteiger partial charge is 0.573 e. The number of aliphatic hydroxyl groups excluding tert-OH is 1. The highest BCUT2D eigenvalue weighted by Crippen LogP contribution is 2.28. The first-order chi connectivity index (χ1) is 9.73. The van der Waals surface area contributed by atoms with Crippen molar-refractivity contribution in [3.05, 3.63) is 23.8 Å². The molecule has 0 aliphatic rings. The van der Waals surface area contributed by atoms with Crippen molar-refractivity contribution in [2.75, 3.05) is 18.9 Å². The average molecular weight is 306 g/mol. The third kappa shape index (κ3) is 5.90. The van der Waals surface area contributed by atoms with Crippen LogP contribution in [0.3, 0.4) is 0 Å². The number of hydrogen-bond donors (Lipinski definition) is 3. The van der Waals surface area contributed by atoms with Gasteiger partial charge in [-0.25, -0.2) is 0 Å². The first-order valence-electron chi connectivity index (χ1n) is 6.27. The van der Waals surface area contributed by atoms with E-state index in [1.807, 2.05) is 6.92 Å². The number of aliphatic hydroxyl groups is 1. The Morgan fingerprint density at radius 3 is 2.67 bits per heavy atom. The van der Waals surface area contributed by atoms with Gasteiger partial charge in [0.05, 0.1) is 5.69 Å². The van der Waals surface area contributed by atoms with E-state index in [0.717, 1.165) is 12.1 Å². The minimum Gasteiger partial charge on any atom is -0.404 e. The summed E-state index contributed by atoms with van der Waals surface area (Å²) >= 11 is 0.